The number of aliphatic hydroxyl groups is 1. The first-order valence-corrected chi connectivity index (χ1v) is 3.77. The fourth-order valence-electron chi connectivity index (χ4n) is 0.910. The van der Waals surface area contributed by atoms with E-state index in [-0.39, 0.29) is 0 Å². The minimum absolute atomic E-state index is 0.328. The van der Waals surface area contributed by atoms with E-state index in [9.17, 15) is 4.79 Å². The fourth-order valence-corrected chi connectivity index (χ4v) is 0.910. The number of hydrogen-bond donors (Lipinski definition) is 1. The standard InChI is InChI=1S/C8H12O4/c1-5(2)7(9)12-6-3-4-11-8(6)10/h6,8,10H,1,3-4H2,2H3/t6?,8-/m1/s1. The maximum atomic E-state index is 11.0. The van der Waals surface area contributed by atoms with Crippen molar-refractivity contribution in [1.82, 2.24) is 0 Å². The van der Waals surface area contributed by atoms with E-state index in [4.69, 9.17) is 14.6 Å². The average molecular weight is 172 g/mol. The van der Waals surface area contributed by atoms with Gasteiger partial charge in [0.25, 0.3) is 0 Å². The molecule has 4 heteroatoms. The molecule has 4 nitrogen and oxygen atoms in total. The van der Waals surface area contributed by atoms with Crippen molar-refractivity contribution in [2.75, 3.05) is 6.61 Å². The molecule has 68 valence electrons. The zero-order valence-electron chi connectivity index (χ0n) is 6.95. The molecule has 1 rings (SSSR count). The highest BCUT2D eigenvalue weighted by Crippen LogP contribution is 2.15. The van der Waals surface area contributed by atoms with Gasteiger partial charge in [0.15, 0.2) is 12.4 Å². The third-order valence-electron chi connectivity index (χ3n) is 1.62. The third-order valence-corrected chi connectivity index (χ3v) is 1.62. The van der Waals surface area contributed by atoms with E-state index in [2.05, 4.69) is 6.58 Å². The zero-order valence-corrected chi connectivity index (χ0v) is 6.95. The van der Waals surface area contributed by atoms with Crippen LogP contribution in [0.2, 0.25) is 0 Å². The molecule has 1 heterocycles. The molecule has 1 fully saturated rings. The van der Waals surface area contributed by atoms with E-state index < -0.39 is 18.4 Å². The van der Waals surface area contributed by atoms with Crippen LogP contribution in [-0.4, -0.2) is 30.1 Å². The molecule has 0 aromatic carbocycles. The van der Waals surface area contributed by atoms with Crippen LogP contribution < -0.4 is 0 Å². The van der Waals surface area contributed by atoms with Gasteiger partial charge in [-0.2, -0.15) is 0 Å². The van der Waals surface area contributed by atoms with Gasteiger partial charge in [-0.1, -0.05) is 6.58 Å². The van der Waals surface area contributed by atoms with Crippen LogP contribution in [0, 0.1) is 0 Å². The van der Waals surface area contributed by atoms with Crippen LogP contribution in [-0.2, 0) is 14.3 Å². The van der Waals surface area contributed by atoms with Crippen molar-refractivity contribution in [3.8, 4) is 0 Å². The number of rotatable bonds is 2. The lowest BCUT2D eigenvalue weighted by molar-refractivity contribution is -0.162. The van der Waals surface area contributed by atoms with E-state index in [1.807, 2.05) is 0 Å². The third kappa shape index (κ3) is 2.06. The largest absolute Gasteiger partial charge is 0.454 e. The van der Waals surface area contributed by atoms with Gasteiger partial charge in [-0.05, 0) is 6.92 Å². The second-order valence-electron chi connectivity index (χ2n) is 2.77. The Morgan fingerprint density at radius 1 is 1.75 bits per heavy atom. The van der Waals surface area contributed by atoms with E-state index >= 15 is 0 Å². The van der Waals surface area contributed by atoms with Crippen molar-refractivity contribution in [3.63, 3.8) is 0 Å². The number of carbonyl (C=O) groups is 1. The maximum absolute atomic E-state index is 11.0. The summed E-state index contributed by atoms with van der Waals surface area (Å²) in [7, 11) is 0. The first kappa shape index (κ1) is 9.22. The van der Waals surface area contributed by atoms with Crippen LogP contribution in [0.1, 0.15) is 13.3 Å². The summed E-state index contributed by atoms with van der Waals surface area (Å²) in [5.74, 6) is -0.482. The molecule has 0 radical (unpaired) electrons. The summed E-state index contributed by atoms with van der Waals surface area (Å²) in [5.41, 5.74) is 0.328. The van der Waals surface area contributed by atoms with Crippen LogP contribution in [0.4, 0.5) is 0 Å². The minimum Gasteiger partial charge on any atom is -0.454 e. The maximum Gasteiger partial charge on any atom is 0.333 e. The number of esters is 1. The Bertz CT molecular complexity index is 199. The van der Waals surface area contributed by atoms with Crippen LogP contribution in [0.3, 0.4) is 0 Å². The average Bonchev–Trinajstić information content (AvgIpc) is 2.36. The number of aliphatic hydroxyl groups excluding tert-OH is 1. The van der Waals surface area contributed by atoms with Crippen molar-refractivity contribution in [3.05, 3.63) is 12.2 Å². The smallest absolute Gasteiger partial charge is 0.333 e. The molecule has 1 aliphatic heterocycles. The molecule has 0 aromatic rings. The Kier molecular flexibility index (Phi) is 2.83. The highest BCUT2D eigenvalue weighted by molar-refractivity contribution is 5.87. The second kappa shape index (κ2) is 3.69. The quantitative estimate of drug-likeness (QED) is 0.478. The highest BCUT2D eigenvalue weighted by Gasteiger charge is 2.29. The van der Waals surface area contributed by atoms with Crippen LogP contribution >= 0.6 is 0 Å². The van der Waals surface area contributed by atoms with Crippen LogP contribution in [0.15, 0.2) is 12.2 Å². The Morgan fingerprint density at radius 3 is 2.83 bits per heavy atom. The van der Waals surface area contributed by atoms with Crippen LogP contribution in [0.25, 0.3) is 0 Å². The number of carbonyl (C=O) groups excluding carboxylic acids is 1. The minimum atomic E-state index is -0.978. The Labute approximate surface area is 70.8 Å². The summed E-state index contributed by atoms with van der Waals surface area (Å²) in [5, 5.41) is 9.09. The molecule has 1 N–H and O–H groups in total. The first-order valence-electron chi connectivity index (χ1n) is 3.77. The van der Waals surface area contributed by atoms with Crippen molar-refractivity contribution < 1.29 is 19.4 Å². The van der Waals surface area contributed by atoms with Crippen molar-refractivity contribution in [1.29, 1.82) is 0 Å². The molecule has 0 aromatic heterocycles. The summed E-state index contributed by atoms with van der Waals surface area (Å²) in [4.78, 5) is 11.0. The van der Waals surface area contributed by atoms with E-state index in [0.717, 1.165) is 0 Å². The number of ether oxygens (including phenoxy) is 2. The molecular formula is C8H12O4. The number of hydrogen-bond acceptors (Lipinski definition) is 4. The lowest BCUT2D eigenvalue weighted by Crippen LogP contribution is -2.26. The van der Waals surface area contributed by atoms with Gasteiger partial charge in [-0.15, -0.1) is 0 Å². The first-order chi connectivity index (χ1) is 5.61. The molecule has 0 aliphatic carbocycles. The SMILES string of the molecule is C=C(C)C(=O)OC1CCO[C@H]1O. The molecule has 0 saturated carbocycles. The van der Waals surface area contributed by atoms with E-state index in [0.29, 0.717) is 18.6 Å². The van der Waals surface area contributed by atoms with Gasteiger partial charge in [0.1, 0.15) is 0 Å². The lowest BCUT2D eigenvalue weighted by atomic mass is 10.3. The Hall–Kier alpha value is -0.870. The summed E-state index contributed by atoms with van der Waals surface area (Å²) in [6.45, 7) is 5.41. The van der Waals surface area contributed by atoms with Crippen molar-refractivity contribution in [2.24, 2.45) is 0 Å². The van der Waals surface area contributed by atoms with Gasteiger partial charge in [0, 0.05) is 12.0 Å². The van der Waals surface area contributed by atoms with Crippen LogP contribution in [0.5, 0.6) is 0 Å². The van der Waals surface area contributed by atoms with E-state index in [1.165, 1.54) is 0 Å². The molecule has 12 heavy (non-hydrogen) atoms. The molecule has 1 saturated heterocycles. The van der Waals surface area contributed by atoms with Gasteiger partial charge in [-0.3, -0.25) is 0 Å². The monoisotopic (exact) mass is 172 g/mol. The fraction of sp³-hybridized carbons (Fsp3) is 0.625. The molecular weight excluding hydrogens is 160 g/mol. The Morgan fingerprint density at radius 2 is 2.42 bits per heavy atom. The summed E-state index contributed by atoms with van der Waals surface area (Å²) in [6, 6.07) is 0. The zero-order chi connectivity index (χ0) is 9.14. The van der Waals surface area contributed by atoms with Gasteiger partial charge < -0.3 is 14.6 Å². The Balaban J connectivity index is 2.40. The topological polar surface area (TPSA) is 55.8 Å². The molecule has 1 unspecified atom stereocenters. The summed E-state index contributed by atoms with van der Waals surface area (Å²) < 4.78 is 9.67. The van der Waals surface area contributed by atoms with E-state index in [1.54, 1.807) is 6.92 Å². The molecule has 1 aliphatic rings. The normalized spacial score (nSPS) is 28.5. The highest BCUT2D eigenvalue weighted by atomic mass is 16.7. The van der Waals surface area contributed by atoms with Gasteiger partial charge in [0.2, 0.25) is 0 Å². The summed E-state index contributed by atoms with van der Waals surface area (Å²) in [6.07, 6.45) is -0.970. The van der Waals surface area contributed by atoms with Crippen molar-refractivity contribution in [2.45, 2.75) is 25.7 Å². The predicted octanol–water partition coefficient (Wildman–Crippen LogP) is 0.213. The van der Waals surface area contributed by atoms with Crippen molar-refractivity contribution >= 4 is 5.97 Å². The summed E-state index contributed by atoms with van der Waals surface area (Å²) >= 11 is 0. The second-order valence-corrected chi connectivity index (χ2v) is 2.77. The van der Waals surface area contributed by atoms with Gasteiger partial charge in [-0.25, -0.2) is 4.79 Å². The lowest BCUT2D eigenvalue weighted by Gasteiger charge is -2.13. The van der Waals surface area contributed by atoms with Gasteiger partial charge in [0.05, 0.1) is 6.61 Å². The molecule has 0 spiro atoms. The van der Waals surface area contributed by atoms with Gasteiger partial charge >= 0.3 is 5.97 Å². The molecule has 2 atom stereocenters. The predicted molar refractivity (Wildman–Crippen MR) is 41.3 cm³/mol. The molecule has 0 amide bonds. The molecule has 0 bridgehead atoms.